The van der Waals surface area contributed by atoms with Gasteiger partial charge in [0.1, 0.15) is 17.9 Å². The van der Waals surface area contributed by atoms with Crippen LogP contribution in [0.4, 0.5) is 0 Å². The topological polar surface area (TPSA) is 130 Å². The van der Waals surface area contributed by atoms with Crippen LogP contribution >= 0.6 is 0 Å². The molecule has 198 valence electrons. The lowest BCUT2D eigenvalue weighted by atomic mass is 9.97. The summed E-state index contributed by atoms with van der Waals surface area (Å²) in [5.41, 5.74) is 2.86. The van der Waals surface area contributed by atoms with Crippen LogP contribution in [0.3, 0.4) is 0 Å². The van der Waals surface area contributed by atoms with E-state index in [2.05, 4.69) is 34.5 Å². The summed E-state index contributed by atoms with van der Waals surface area (Å²) in [6, 6.07) is 15.6. The van der Waals surface area contributed by atoms with E-state index in [1.54, 1.807) is 13.8 Å². The third-order valence-corrected chi connectivity index (χ3v) is 5.75. The molecule has 0 spiro atoms. The highest BCUT2D eigenvalue weighted by Gasteiger charge is 2.30. The summed E-state index contributed by atoms with van der Waals surface area (Å²) in [6.07, 6.45) is -0.779. The van der Waals surface area contributed by atoms with Crippen LogP contribution < -0.4 is 10.1 Å². The molecule has 0 saturated heterocycles. The Kier molecular flexibility index (Phi) is 8.20. The smallest absolute Gasteiger partial charge is 0.303 e. The lowest BCUT2D eigenvalue weighted by Crippen LogP contribution is -2.23. The third kappa shape index (κ3) is 5.91. The molecule has 1 atom stereocenters. The molecule has 1 amide bonds. The fourth-order valence-corrected chi connectivity index (χ4v) is 3.83. The van der Waals surface area contributed by atoms with Crippen molar-refractivity contribution in [3.8, 4) is 28.5 Å². The Bertz CT molecular complexity index is 1410. The number of nitrogens with zero attached hydrogens (tertiary/aromatic N) is 3. The van der Waals surface area contributed by atoms with Crippen molar-refractivity contribution in [2.75, 3.05) is 6.54 Å². The first kappa shape index (κ1) is 26.6. The van der Waals surface area contributed by atoms with Gasteiger partial charge in [-0.25, -0.2) is 0 Å². The van der Waals surface area contributed by atoms with Crippen molar-refractivity contribution in [1.29, 1.82) is 0 Å². The fourth-order valence-electron chi connectivity index (χ4n) is 3.83. The molecule has 1 N–H and O–H groups in total. The largest absolute Gasteiger partial charge is 0.488 e. The number of ether oxygens (including phenoxy) is 2. The molecule has 4 aromatic rings. The Hall–Kier alpha value is -4.47. The monoisotopic (exact) mass is 518 g/mol. The SMILES string of the molecule is CCNC(=O)c1noc(-c2cc(C(C)C)ccc2OCc2ccccc2)c1-c1noc([C@H](C)OC(C)=O)n1. The number of aromatic nitrogens is 3. The molecule has 10 heteroatoms. The van der Waals surface area contributed by atoms with Gasteiger partial charge in [-0.3, -0.25) is 9.59 Å². The molecular formula is C28H30N4O6. The second-order valence-corrected chi connectivity index (χ2v) is 8.99. The summed E-state index contributed by atoms with van der Waals surface area (Å²) in [4.78, 5) is 28.7. The summed E-state index contributed by atoms with van der Waals surface area (Å²) in [5.74, 6) is 0.202. The Balaban J connectivity index is 1.83. The van der Waals surface area contributed by atoms with E-state index in [9.17, 15) is 9.59 Å². The van der Waals surface area contributed by atoms with E-state index in [1.165, 1.54) is 6.92 Å². The van der Waals surface area contributed by atoms with E-state index in [1.807, 2.05) is 48.5 Å². The summed E-state index contributed by atoms with van der Waals surface area (Å²) < 4.78 is 22.5. The van der Waals surface area contributed by atoms with Gasteiger partial charge in [-0.15, -0.1) is 0 Å². The van der Waals surface area contributed by atoms with Gasteiger partial charge in [0, 0.05) is 13.5 Å². The van der Waals surface area contributed by atoms with Gasteiger partial charge < -0.3 is 23.8 Å². The summed E-state index contributed by atoms with van der Waals surface area (Å²) in [6.45, 7) is 9.56. The predicted molar refractivity (Wildman–Crippen MR) is 138 cm³/mol. The van der Waals surface area contributed by atoms with Crippen molar-refractivity contribution in [2.24, 2.45) is 0 Å². The molecule has 2 aromatic carbocycles. The van der Waals surface area contributed by atoms with Gasteiger partial charge in [0.2, 0.25) is 5.82 Å². The van der Waals surface area contributed by atoms with Crippen molar-refractivity contribution < 1.29 is 28.1 Å². The predicted octanol–water partition coefficient (Wildman–Crippen LogP) is 5.47. The summed E-state index contributed by atoms with van der Waals surface area (Å²) in [5, 5.41) is 10.9. The van der Waals surface area contributed by atoms with E-state index >= 15 is 0 Å². The quantitative estimate of drug-likeness (QED) is 0.272. The number of rotatable bonds is 10. The van der Waals surface area contributed by atoms with Crippen LogP contribution in [0.2, 0.25) is 0 Å². The number of hydrogen-bond donors (Lipinski definition) is 1. The molecule has 0 aliphatic carbocycles. The first-order valence-electron chi connectivity index (χ1n) is 12.4. The number of carbonyl (C=O) groups excluding carboxylic acids is 2. The van der Waals surface area contributed by atoms with E-state index in [0.29, 0.717) is 24.5 Å². The molecule has 4 rings (SSSR count). The van der Waals surface area contributed by atoms with E-state index in [0.717, 1.165) is 11.1 Å². The normalized spacial score (nSPS) is 11.8. The second-order valence-electron chi connectivity index (χ2n) is 8.99. The van der Waals surface area contributed by atoms with Crippen LogP contribution in [0, 0.1) is 0 Å². The summed E-state index contributed by atoms with van der Waals surface area (Å²) >= 11 is 0. The molecular weight excluding hydrogens is 488 g/mol. The van der Waals surface area contributed by atoms with Gasteiger partial charge in [-0.2, -0.15) is 4.98 Å². The lowest BCUT2D eigenvalue weighted by molar-refractivity contribution is -0.147. The zero-order valence-electron chi connectivity index (χ0n) is 22.0. The van der Waals surface area contributed by atoms with Crippen molar-refractivity contribution in [3.05, 3.63) is 71.2 Å². The molecule has 10 nitrogen and oxygen atoms in total. The van der Waals surface area contributed by atoms with Crippen LogP contribution in [0.5, 0.6) is 5.75 Å². The van der Waals surface area contributed by atoms with E-state index in [4.69, 9.17) is 18.5 Å². The zero-order chi connectivity index (χ0) is 27.2. The van der Waals surface area contributed by atoms with Gasteiger partial charge in [-0.05, 0) is 43.0 Å². The molecule has 0 unspecified atom stereocenters. The average molecular weight is 519 g/mol. The van der Waals surface area contributed by atoms with Crippen LogP contribution in [0.25, 0.3) is 22.7 Å². The Morgan fingerprint density at radius 1 is 1.03 bits per heavy atom. The second kappa shape index (κ2) is 11.7. The van der Waals surface area contributed by atoms with Crippen LogP contribution in [-0.2, 0) is 16.1 Å². The van der Waals surface area contributed by atoms with Crippen molar-refractivity contribution in [1.82, 2.24) is 20.6 Å². The molecule has 0 radical (unpaired) electrons. The fraction of sp³-hybridized carbons (Fsp3) is 0.321. The van der Waals surface area contributed by atoms with Gasteiger partial charge in [-0.1, -0.05) is 60.6 Å². The first-order valence-corrected chi connectivity index (χ1v) is 12.4. The van der Waals surface area contributed by atoms with Crippen LogP contribution in [-0.4, -0.2) is 33.7 Å². The van der Waals surface area contributed by atoms with Crippen molar-refractivity contribution >= 4 is 11.9 Å². The number of nitrogens with one attached hydrogen (secondary N) is 1. The minimum atomic E-state index is -0.779. The average Bonchev–Trinajstić information content (AvgIpc) is 3.55. The summed E-state index contributed by atoms with van der Waals surface area (Å²) in [7, 11) is 0. The van der Waals surface area contributed by atoms with Gasteiger partial charge in [0.25, 0.3) is 11.8 Å². The Morgan fingerprint density at radius 2 is 1.79 bits per heavy atom. The van der Waals surface area contributed by atoms with Crippen LogP contribution in [0.1, 0.15) is 74.1 Å². The zero-order valence-corrected chi connectivity index (χ0v) is 22.0. The number of carbonyl (C=O) groups is 2. The highest BCUT2D eigenvalue weighted by Crippen LogP contribution is 2.40. The molecule has 2 aromatic heterocycles. The highest BCUT2D eigenvalue weighted by atomic mass is 16.6. The maximum atomic E-state index is 12.9. The third-order valence-electron chi connectivity index (χ3n) is 5.75. The minimum Gasteiger partial charge on any atom is -0.488 e. The van der Waals surface area contributed by atoms with Crippen LogP contribution in [0.15, 0.2) is 57.6 Å². The molecule has 0 aliphatic rings. The molecule has 0 saturated carbocycles. The molecule has 0 bridgehead atoms. The van der Waals surface area contributed by atoms with Crippen molar-refractivity contribution in [3.63, 3.8) is 0 Å². The molecule has 0 fully saturated rings. The maximum Gasteiger partial charge on any atom is 0.303 e. The highest BCUT2D eigenvalue weighted by molar-refractivity contribution is 6.01. The van der Waals surface area contributed by atoms with Gasteiger partial charge in [0.05, 0.1) is 5.56 Å². The van der Waals surface area contributed by atoms with E-state index in [-0.39, 0.29) is 34.7 Å². The number of hydrogen-bond acceptors (Lipinski definition) is 9. The maximum absolute atomic E-state index is 12.9. The van der Waals surface area contributed by atoms with Gasteiger partial charge in [0.15, 0.2) is 17.6 Å². The number of benzene rings is 2. The Labute approximate surface area is 220 Å². The van der Waals surface area contributed by atoms with E-state index < -0.39 is 18.0 Å². The number of amides is 1. The van der Waals surface area contributed by atoms with Crippen molar-refractivity contribution in [2.45, 2.75) is 53.2 Å². The molecule has 0 aliphatic heterocycles. The number of esters is 1. The first-order chi connectivity index (χ1) is 18.3. The Morgan fingerprint density at radius 3 is 2.47 bits per heavy atom. The van der Waals surface area contributed by atoms with Gasteiger partial charge >= 0.3 is 5.97 Å². The minimum absolute atomic E-state index is 0.00158. The molecule has 2 heterocycles. The standard InChI is InChI=1S/C28H30N4O6/c1-6-29-27(34)24-23(26-30-28(38-32-26)17(4)36-18(5)33)25(37-31-24)21-14-20(16(2)3)12-13-22(21)35-15-19-10-8-7-9-11-19/h7-14,16-17H,6,15H2,1-5H3,(H,29,34)/t17-/m0/s1. The lowest BCUT2D eigenvalue weighted by Gasteiger charge is -2.14. The molecule has 38 heavy (non-hydrogen) atoms.